The van der Waals surface area contributed by atoms with Gasteiger partial charge < -0.3 is 14.6 Å². The summed E-state index contributed by atoms with van der Waals surface area (Å²) >= 11 is 0. The summed E-state index contributed by atoms with van der Waals surface area (Å²) in [6, 6.07) is -0.784. The van der Waals surface area contributed by atoms with Crippen LogP contribution in [0, 0.1) is 0 Å². The Labute approximate surface area is 102 Å². The maximum absolute atomic E-state index is 11.4. The Morgan fingerprint density at radius 3 is 2.18 bits per heavy atom. The number of carbonyl (C=O) groups excluding carboxylic acids is 2. The third-order valence-corrected chi connectivity index (χ3v) is 1.89. The van der Waals surface area contributed by atoms with Crippen molar-refractivity contribution in [3.8, 4) is 0 Å². The van der Waals surface area contributed by atoms with Gasteiger partial charge in [0.25, 0.3) is 0 Å². The predicted molar refractivity (Wildman–Crippen MR) is 62.7 cm³/mol. The minimum absolute atomic E-state index is 0.0318. The molecule has 0 aromatic heterocycles. The lowest BCUT2D eigenvalue weighted by Gasteiger charge is -2.30. The SMILES string of the molecule is CC(=O)CCC(N=C([O-])OC(C)(C)C)C(C)=O. The van der Waals surface area contributed by atoms with Crippen molar-refractivity contribution in [2.24, 2.45) is 4.99 Å². The van der Waals surface area contributed by atoms with Gasteiger partial charge >= 0.3 is 0 Å². The van der Waals surface area contributed by atoms with Crippen molar-refractivity contribution < 1.29 is 19.4 Å². The van der Waals surface area contributed by atoms with Crippen LogP contribution in [0.25, 0.3) is 0 Å². The summed E-state index contributed by atoms with van der Waals surface area (Å²) in [7, 11) is 0. The number of hydrogen-bond acceptors (Lipinski definition) is 5. The molecule has 0 aromatic carbocycles. The second-order valence-corrected chi connectivity index (χ2v) is 4.98. The van der Waals surface area contributed by atoms with Crippen LogP contribution in [0.5, 0.6) is 0 Å². The molecule has 0 amide bonds. The molecule has 0 saturated heterocycles. The fourth-order valence-electron chi connectivity index (χ4n) is 1.11. The third-order valence-electron chi connectivity index (χ3n) is 1.89. The van der Waals surface area contributed by atoms with Gasteiger partial charge in [0.15, 0.2) is 5.78 Å². The van der Waals surface area contributed by atoms with E-state index in [4.69, 9.17) is 4.74 Å². The number of ether oxygens (including phenoxy) is 1. The lowest BCUT2D eigenvalue weighted by atomic mass is 10.1. The maximum atomic E-state index is 11.4. The monoisotopic (exact) mass is 242 g/mol. The van der Waals surface area contributed by atoms with Gasteiger partial charge in [0.05, 0.1) is 0 Å². The van der Waals surface area contributed by atoms with Gasteiger partial charge in [0, 0.05) is 12.0 Å². The van der Waals surface area contributed by atoms with E-state index in [1.807, 2.05) is 0 Å². The topological polar surface area (TPSA) is 78.8 Å². The molecule has 0 aliphatic carbocycles. The molecule has 0 bridgehead atoms. The molecule has 0 rings (SSSR count). The number of rotatable bonds is 5. The number of Topliss-reactive ketones (excluding diaryl/α,β-unsaturated/α-hetero) is 2. The lowest BCUT2D eigenvalue weighted by molar-refractivity contribution is -0.260. The molecular formula is C12H20NO4-. The molecule has 1 unspecified atom stereocenters. The van der Waals surface area contributed by atoms with Crippen molar-refractivity contribution in [1.29, 1.82) is 0 Å². The zero-order chi connectivity index (χ0) is 13.6. The molecule has 0 N–H and O–H groups in total. The molecule has 1 atom stereocenters. The van der Waals surface area contributed by atoms with Crippen molar-refractivity contribution >= 4 is 17.7 Å². The molecule has 0 fully saturated rings. The highest BCUT2D eigenvalue weighted by Crippen LogP contribution is 2.09. The van der Waals surface area contributed by atoms with Gasteiger partial charge in [-0.3, -0.25) is 9.79 Å². The van der Waals surface area contributed by atoms with Gasteiger partial charge in [-0.25, -0.2) is 0 Å². The Balaban J connectivity index is 4.57. The van der Waals surface area contributed by atoms with Crippen molar-refractivity contribution in [3.63, 3.8) is 0 Å². The molecule has 5 heteroatoms. The van der Waals surface area contributed by atoms with Gasteiger partial charge in [-0.2, -0.15) is 0 Å². The number of ketones is 2. The van der Waals surface area contributed by atoms with Crippen LogP contribution in [0.15, 0.2) is 4.99 Å². The van der Waals surface area contributed by atoms with Crippen LogP contribution in [-0.2, 0) is 14.3 Å². The first-order valence-corrected chi connectivity index (χ1v) is 5.55. The lowest BCUT2D eigenvalue weighted by Crippen LogP contribution is -2.34. The zero-order valence-corrected chi connectivity index (χ0v) is 11.1. The van der Waals surface area contributed by atoms with Crippen molar-refractivity contribution in [2.75, 3.05) is 0 Å². The van der Waals surface area contributed by atoms with Crippen molar-refractivity contribution in [3.05, 3.63) is 0 Å². The predicted octanol–water partition coefficient (Wildman–Crippen LogP) is 0.845. The van der Waals surface area contributed by atoms with Crippen LogP contribution in [0.4, 0.5) is 0 Å². The van der Waals surface area contributed by atoms with E-state index in [0.717, 1.165) is 0 Å². The number of carbonyl (C=O) groups is 2. The summed E-state index contributed by atoms with van der Waals surface area (Å²) in [6.07, 6.45) is -0.276. The Morgan fingerprint density at radius 1 is 1.29 bits per heavy atom. The molecule has 0 aliphatic rings. The molecule has 0 aromatic rings. The van der Waals surface area contributed by atoms with E-state index in [-0.39, 0.29) is 24.4 Å². The molecule has 0 saturated carbocycles. The zero-order valence-electron chi connectivity index (χ0n) is 11.1. The summed E-state index contributed by atoms with van der Waals surface area (Å²) in [6.45, 7) is 7.94. The molecule has 0 radical (unpaired) electrons. The number of aliphatic imine (C=N–C) groups is 1. The molecule has 0 heterocycles. The second-order valence-electron chi connectivity index (χ2n) is 4.98. The molecule has 0 aliphatic heterocycles. The molecule has 17 heavy (non-hydrogen) atoms. The Hall–Kier alpha value is -1.39. The number of hydrogen-bond donors (Lipinski definition) is 0. The first kappa shape index (κ1) is 15.6. The van der Waals surface area contributed by atoms with Crippen LogP contribution < -0.4 is 5.11 Å². The summed E-state index contributed by atoms with van der Waals surface area (Å²) in [4.78, 5) is 25.7. The highest BCUT2D eigenvalue weighted by molar-refractivity contribution is 5.84. The fraction of sp³-hybridized carbons (Fsp3) is 0.750. The second kappa shape index (κ2) is 6.37. The summed E-state index contributed by atoms with van der Waals surface area (Å²) in [5.41, 5.74) is -0.636. The van der Waals surface area contributed by atoms with Crippen LogP contribution in [-0.4, -0.2) is 29.3 Å². The normalized spacial score (nSPS) is 14.3. The number of nitrogens with zero attached hydrogens (tertiary/aromatic N) is 1. The Morgan fingerprint density at radius 2 is 1.82 bits per heavy atom. The standard InChI is InChI=1S/C12H21NO4/c1-8(14)6-7-10(9(2)15)13-11(16)17-12(3,4)5/h10H,6-7H2,1-5H3,(H,13,16)/p-1. The van der Waals surface area contributed by atoms with Crippen LogP contribution in [0.1, 0.15) is 47.5 Å². The van der Waals surface area contributed by atoms with Gasteiger partial charge in [0.2, 0.25) is 0 Å². The van der Waals surface area contributed by atoms with Gasteiger partial charge in [-0.05, 0) is 20.3 Å². The molecule has 98 valence electrons. The van der Waals surface area contributed by atoms with Crippen LogP contribution in [0.2, 0.25) is 0 Å². The minimum atomic E-state index is -0.784. The van der Waals surface area contributed by atoms with Gasteiger partial charge in [-0.15, -0.1) is 0 Å². The Bertz CT molecular complexity index is 315. The summed E-state index contributed by atoms with van der Waals surface area (Å²) in [5, 5.41) is 11.4. The fourth-order valence-corrected chi connectivity index (χ4v) is 1.11. The minimum Gasteiger partial charge on any atom is -0.595 e. The van der Waals surface area contributed by atoms with E-state index in [1.54, 1.807) is 20.8 Å². The highest BCUT2D eigenvalue weighted by atomic mass is 16.6. The third kappa shape index (κ3) is 8.42. The Kier molecular flexibility index (Phi) is 5.85. The average Bonchev–Trinajstić information content (AvgIpc) is 2.08. The quantitative estimate of drug-likeness (QED) is 0.528. The van der Waals surface area contributed by atoms with Crippen LogP contribution in [0.3, 0.4) is 0 Å². The van der Waals surface area contributed by atoms with E-state index in [9.17, 15) is 14.7 Å². The van der Waals surface area contributed by atoms with Gasteiger partial charge in [-0.1, -0.05) is 20.8 Å². The van der Waals surface area contributed by atoms with E-state index in [2.05, 4.69) is 4.99 Å². The van der Waals surface area contributed by atoms with Crippen LogP contribution >= 0.6 is 0 Å². The maximum Gasteiger partial charge on any atom is 0.154 e. The molecule has 5 nitrogen and oxygen atoms in total. The van der Waals surface area contributed by atoms with Crippen molar-refractivity contribution in [2.45, 2.75) is 59.1 Å². The van der Waals surface area contributed by atoms with E-state index >= 15 is 0 Å². The van der Waals surface area contributed by atoms with E-state index in [0.29, 0.717) is 0 Å². The summed E-state index contributed by atoms with van der Waals surface area (Å²) < 4.78 is 4.98. The largest absolute Gasteiger partial charge is 0.595 e. The smallest absolute Gasteiger partial charge is 0.154 e. The first-order chi connectivity index (χ1) is 7.61. The van der Waals surface area contributed by atoms with Gasteiger partial charge in [0.1, 0.15) is 17.9 Å². The highest BCUT2D eigenvalue weighted by Gasteiger charge is 2.14. The van der Waals surface area contributed by atoms with E-state index in [1.165, 1.54) is 13.8 Å². The molecule has 0 spiro atoms. The molecular weight excluding hydrogens is 222 g/mol. The van der Waals surface area contributed by atoms with E-state index < -0.39 is 17.7 Å². The average molecular weight is 242 g/mol. The summed E-state index contributed by atoms with van der Waals surface area (Å²) in [5.74, 6) is -0.271. The first-order valence-electron chi connectivity index (χ1n) is 5.55. The van der Waals surface area contributed by atoms with Crippen molar-refractivity contribution in [1.82, 2.24) is 0 Å².